The van der Waals surface area contributed by atoms with E-state index in [1.165, 1.54) is 12.8 Å². The molecule has 1 aliphatic carbocycles. The van der Waals surface area contributed by atoms with Crippen molar-refractivity contribution in [2.45, 2.75) is 64.3 Å². The lowest BCUT2D eigenvalue weighted by Crippen LogP contribution is -2.53. The molecule has 0 aromatic heterocycles. The van der Waals surface area contributed by atoms with Crippen LogP contribution in [0.25, 0.3) is 0 Å². The first-order valence-electron chi connectivity index (χ1n) is 8.67. The van der Waals surface area contributed by atoms with Crippen LogP contribution in [0.5, 0.6) is 0 Å². The quantitative estimate of drug-likeness (QED) is 0.728. The smallest absolute Gasteiger partial charge is 0.220 e. The number of amides is 1. The van der Waals surface area contributed by atoms with Gasteiger partial charge >= 0.3 is 0 Å². The van der Waals surface area contributed by atoms with Crippen LogP contribution in [-0.2, 0) is 4.79 Å². The molecule has 21 heavy (non-hydrogen) atoms. The Bertz CT molecular complexity index is 332. The van der Waals surface area contributed by atoms with E-state index in [2.05, 4.69) is 24.5 Å². The minimum atomic E-state index is -0.353. The Hall–Kier alpha value is -0.610. The number of carbonyl (C=O) groups excluding carboxylic acids is 1. The predicted molar refractivity (Wildman–Crippen MR) is 85.0 cm³/mol. The van der Waals surface area contributed by atoms with Gasteiger partial charge in [0.15, 0.2) is 0 Å². The molecule has 1 amide bonds. The Kier molecular flexibility index (Phi) is 6.06. The Morgan fingerprint density at radius 1 is 1.38 bits per heavy atom. The van der Waals surface area contributed by atoms with Gasteiger partial charge in [0.05, 0.1) is 12.1 Å². The summed E-state index contributed by atoms with van der Waals surface area (Å²) in [5.74, 6) is 1.86. The van der Waals surface area contributed by atoms with E-state index < -0.39 is 0 Å². The fourth-order valence-corrected chi connectivity index (χ4v) is 3.81. The molecular formula is C17H32N2O2. The van der Waals surface area contributed by atoms with Crippen molar-refractivity contribution in [3.8, 4) is 0 Å². The summed E-state index contributed by atoms with van der Waals surface area (Å²) in [6.07, 6.45) is 7.06. The van der Waals surface area contributed by atoms with Crippen molar-refractivity contribution in [1.29, 1.82) is 0 Å². The molecule has 4 nitrogen and oxygen atoms in total. The molecule has 2 aliphatic rings. The van der Waals surface area contributed by atoms with Crippen molar-refractivity contribution in [2.75, 3.05) is 19.7 Å². The summed E-state index contributed by atoms with van der Waals surface area (Å²) in [7, 11) is 0. The number of carbonyl (C=O) groups is 1. The van der Waals surface area contributed by atoms with Crippen molar-refractivity contribution in [2.24, 2.45) is 17.8 Å². The molecule has 0 bridgehead atoms. The summed E-state index contributed by atoms with van der Waals surface area (Å²) < 4.78 is 0. The fraction of sp³-hybridized carbons (Fsp3) is 0.941. The van der Waals surface area contributed by atoms with Crippen molar-refractivity contribution < 1.29 is 9.90 Å². The van der Waals surface area contributed by atoms with Crippen LogP contribution in [0, 0.1) is 17.8 Å². The lowest BCUT2D eigenvalue weighted by atomic mass is 9.77. The van der Waals surface area contributed by atoms with Gasteiger partial charge in [-0.05, 0) is 69.4 Å². The fourth-order valence-electron chi connectivity index (χ4n) is 3.81. The largest absolute Gasteiger partial charge is 0.394 e. The maximum absolute atomic E-state index is 12.4. The summed E-state index contributed by atoms with van der Waals surface area (Å²) in [4.78, 5) is 12.4. The molecule has 1 heterocycles. The van der Waals surface area contributed by atoms with Crippen molar-refractivity contribution >= 4 is 5.91 Å². The molecule has 1 aliphatic heterocycles. The number of rotatable bonds is 5. The Morgan fingerprint density at radius 2 is 2.10 bits per heavy atom. The van der Waals surface area contributed by atoms with Gasteiger partial charge in [-0.1, -0.05) is 13.8 Å². The molecule has 0 aromatic carbocycles. The molecule has 1 saturated carbocycles. The van der Waals surface area contributed by atoms with E-state index >= 15 is 0 Å². The van der Waals surface area contributed by atoms with E-state index in [0.717, 1.165) is 38.8 Å². The normalized spacial score (nSPS) is 35.2. The third-order valence-electron chi connectivity index (χ3n) is 5.59. The maximum atomic E-state index is 12.4. The van der Waals surface area contributed by atoms with E-state index in [0.29, 0.717) is 24.2 Å². The molecule has 3 N–H and O–H groups in total. The highest BCUT2D eigenvalue weighted by Crippen LogP contribution is 2.32. The molecule has 0 aromatic rings. The van der Waals surface area contributed by atoms with Gasteiger partial charge in [0.25, 0.3) is 0 Å². The summed E-state index contributed by atoms with van der Waals surface area (Å²) in [5, 5.41) is 16.3. The molecule has 122 valence electrons. The lowest BCUT2D eigenvalue weighted by molar-refractivity contribution is -0.125. The van der Waals surface area contributed by atoms with Gasteiger partial charge in [-0.3, -0.25) is 4.79 Å². The molecule has 0 spiro atoms. The Morgan fingerprint density at radius 3 is 2.67 bits per heavy atom. The first-order chi connectivity index (χ1) is 10.0. The van der Waals surface area contributed by atoms with Gasteiger partial charge in [0, 0.05) is 6.42 Å². The summed E-state index contributed by atoms with van der Waals surface area (Å²) in [6, 6.07) is 0. The summed E-state index contributed by atoms with van der Waals surface area (Å²) in [5.41, 5.74) is -0.353. The second-order valence-corrected chi connectivity index (χ2v) is 7.46. The zero-order valence-electron chi connectivity index (χ0n) is 13.7. The van der Waals surface area contributed by atoms with E-state index in [1.54, 1.807) is 0 Å². The molecule has 2 atom stereocenters. The summed E-state index contributed by atoms with van der Waals surface area (Å²) in [6.45, 7) is 6.66. The molecular weight excluding hydrogens is 264 g/mol. The van der Waals surface area contributed by atoms with Crippen LogP contribution in [0.4, 0.5) is 0 Å². The van der Waals surface area contributed by atoms with Gasteiger partial charge in [-0.2, -0.15) is 0 Å². The molecule has 4 heteroatoms. The second kappa shape index (κ2) is 7.59. The SMILES string of the molecule is CC1CCC(CO)(NC(=O)CC(C)C2CCCNC2)CC1. The summed E-state index contributed by atoms with van der Waals surface area (Å²) >= 11 is 0. The minimum absolute atomic E-state index is 0.0742. The van der Waals surface area contributed by atoms with E-state index in [-0.39, 0.29) is 18.1 Å². The van der Waals surface area contributed by atoms with E-state index in [1.807, 2.05) is 0 Å². The monoisotopic (exact) mass is 296 g/mol. The van der Waals surface area contributed by atoms with Gasteiger partial charge < -0.3 is 15.7 Å². The Labute approximate surface area is 129 Å². The number of hydrogen-bond donors (Lipinski definition) is 3. The highest BCUT2D eigenvalue weighted by molar-refractivity contribution is 5.77. The van der Waals surface area contributed by atoms with Gasteiger partial charge in [0.1, 0.15) is 0 Å². The predicted octanol–water partition coefficient (Wildman–Crippen LogP) is 2.07. The van der Waals surface area contributed by atoms with Crippen LogP contribution in [0.1, 0.15) is 58.8 Å². The average Bonchev–Trinajstić information content (AvgIpc) is 2.50. The number of hydrogen-bond acceptors (Lipinski definition) is 3. The van der Waals surface area contributed by atoms with Crippen molar-refractivity contribution in [3.63, 3.8) is 0 Å². The third kappa shape index (κ3) is 4.68. The topological polar surface area (TPSA) is 61.4 Å². The molecule has 2 rings (SSSR count). The molecule has 1 saturated heterocycles. The van der Waals surface area contributed by atoms with Crippen LogP contribution in [0.2, 0.25) is 0 Å². The van der Waals surface area contributed by atoms with Gasteiger partial charge in [-0.25, -0.2) is 0 Å². The second-order valence-electron chi connectivity index (χ2n) is 7.46. The zero-order chi connectivity index (χ0) is 15.3. The maximum Gasteiger partial charge on any atom is 0.220 e. The molecule has 2 fully saturated rings. The highest BCUT2D eigenvalue weighted by Gasteiger charge is 2.35. The first kappa shape index (κ1) is 16.8. The number of piperidine rings is 1. The van der Waals surface area contributed by atoms with Crippen LogP contribution in [0.3, 0.4) is 0 Å². The minimum Gasteiger partial charge on any atom is -0.394 e. The number of aliphatic hydroxyl groups excluding tert-OH is 1. The Balaban J connectivity index is 1.82. The van der Waals surface area contributed by atoms with E-state index in [9.17, 15) is 9.90 Å². The first-order valence-corrected chi connectivity index (χ1v) is 8.67. The standard InChI is InChI=1S/C17H32N2O2/c1-13-5-7-17(12-20,8-6-13)19-16(21)10-14(2)15-4-3-9-18-11-15/h13-15,18,20H,3-12H2,1-2H3,(H,19,21). The van der Waals surface area contributed by atoms with Crippen LogP contribution < -0.4 is 10.6 Å². The lowest BCUT2D eigenvalue weighted by Gasteiger charge is -2.39. The van der Waals surface area contributed by atoms with Crippen LogP contribution >= 0.6 is 0 Å². The number of nitrogens with one attached hydrogen (secondary N) is 2. The van der Waals surface area contributed by atoms with E-state index in [4.69, 9.17) is 0 Å². The highest BCUT2D eigenvalue weighted by atomic mass is 16.3. The van der Waals surface area contributed by atoms with Crippen LogP contribution in [-0.4, -0.2) is 36.2 Å². The van der Waals surface area contributed by atoms with Crippen molar-refractivity contribution in [3.05, 3.63) is 0 Å². The zero-order valence-corrected chi connectivity index (χ0v) is 13.7. The average molecular weight is 296 g/mol. The molecule has 2 unspecified atom stereocenters. The van der Waals surface area contributed by atoms with Gasteiger partial charge in [0.2, 0.25) is 5.91 Å². The molecule has 0 radical (unpaired) electrons. The van der Waals surface area contributed by atoms with Gasteiger partial charge in [-0.15, -0.1) is 0 Å². The number of aliphatic hydroxyl groups is 1. The third-order valence-corrected chi connectivity index (χ3v) is 5.59. The van der Waals surface area contributed by atoms with Crippen molar-refractivity contribution in [1.82, 2.24) is 10.6 Å². The van der Waals surface area contributed by atoms with Crippen LogP contribution in [0.15, 0.2) is 0 Å².